The molecule has 0 fully saturated rings. The summed E-state index contributed by atoms with van der Waals surface area (Å²) in [4.78, 5) is 12.1. The summed E-state index contributed by atoms with van der Waals surface area (Å²) in [5, 5.41) is 2.88. The van der Waals surface area contributed by atoms with Gasteiger partial charge in [0, 0.05) is 5.69 Å². The molecule has 3 heteroatoms. The van der Waals surface area contributed by atoms with Crippen molar-refractivity contribution in [3.05, 3.63) is 58.7 Å². The van der Waals surface area contributed by atoms with Crippen molar-refractivity contribution in [2.75, 3.05) is 11.9 Å². The second kappa shape index (κ2) is 8.53. The van der Waals surface area contributed by atoms with Crippen molar-refractivity contribution in [3.63, 3.8) is 0 Å². The van der Waals surface area contributed by atoms with E-state index in [4.69, 9.17) is 4.74 Å². The maximum absolute atomic E-state index is 12.1. The Kier molecular flexibility index (Phi) is 6.42. The molecule has 1 N–H and O–H groups in total. The number of aryl methyl sites for hydroxylation is 3. The zero-order valence-corrected chi connectivity index (χ0v) is 15.1. The van der Waals surface area contributed by atoms with E-state index in [0.29, 0.717) is 0 Å². The monoisotopic (exact) mass is 325 g/mol. The van der Waals surface area contributed by atoms with E-state index in [9.17, 15) is 4.79 Å². The SMILES string of the molecule is CCCCc1ccc(NC(=O)COc2cc(C)cc(C)c2C)cc1. The summed E-state index contributed by atoms with van der Waals surface area (Å²) >= 11 is 0. The van der Waals surface area contributed by atoms with Gasteiger partial charge < -0.3 is 10.1 Å². The van der Waals surface area contributed by atoms with Gasteiger partial charge in [-0.2, -0.15) is 0 Å². The van der Waals surface area contributed by atoms with Gasteiger partial charge in [-0.25, -0.2) is 0 Å². The van der Waals surface area contributed by atoms with E-state index in [0.717, 1.165) is 29.0 Å². The molecule has 128 valence electrons. The van der Waals surface area contributed by atoms with Crippen molar-refractivity contribution in [3.8, 4) is 5.75 Å². The van der Waals surface area contributed by atoms with Gasteiger partial charge in [-0.05, 0) is 74.1 Å². The summed E-state index contributed by atoms with van der Waals surface area (Å²) in [5.41, 5.74) is 5.50. The van der Waals surface area contributed by atoms with Crippen LogP contribution in [0.2, 0.25) is 0 Å². The van der Waals surface area contributed by atoms with Crippen molar-refractivity contribution < 1.29 is 9.53 Å². The topological polar surface area (TPSA) is 38.3 Å². The molecule has 0 atom stereocenters. The minimum absolute atomic E-state index is 0.0152. The Morgan fingerprint density at radius 1 is 1.08 bits per heavy atom. The number of amides is 1. The predicted octanol–water partition coefficient (Wildman–Crippen LogP) is 4.97. The number of unbranched alkanes of at least 4 members (excludes halogenated alkanes) is 1. The van der Waals surface area contributed by atoms with Gasteiger partial charge in [0.15, 0.2) is 6.61 Å². The van der Waals surface area contributed by atoms with Crippen molar-refractivity contribution in [2.24, 2.45) is 0 Å². The Morgan fingerprint density at radius 2 is 1.79 bits per heavy atom. The van der Waals surface area contributed by atoms with Gasteiger partial charge in [-0.3, -0.25) is 4.79 Å². The van der Waals surface area contributed by atoms with E-state index >= 15 is 0 Å². The molecule has 0 spiro atoms. The van der Waals surface area contributed by atoms with E-state index in [2.05, 4.69) is 37.4 Å². The highest BCUT2D eigenvalue weighted by Crippen LogP contribution is 2.23. The van der Waals surface area contributed by atoms with Crippen LogP contribution in [0.5, 0.6) is 5.75 Å². The van der Waals surface area contributed by atoms with Crippen LogP contribution < -0.4 is 10.1 Å². The molecular formula is C21H27NO2. The highest BCUT2D eigenvalue weighted by atomic mass is 16.5. The number of carbonyl (C=O) groups excluding carboxylic acids is 1. The molecule has 3 nitrogen and oxygen atoms in total. The second-order valence-electron chi connectivity index (χ2n) is 6.34. The Morgan fingerprint density at radius 3 is 2.46 bits per heavy atom. The zero-order chi connectivity index (χ0) is 17.5. The van der Waals surface area contributed by atoms with Crippen molar-refractivity contribution in [1.82, 2.24) is 0 Å². The maximum atomic E-state index is 12.1. The van der Waals surface area contributed by atoms with Gasteiger partial charge >= 0.3 is 0 Å². The third-order valence-electron chi connectivity index (χ3n) is 4.18. The van der Waals surface area contributed by atoms with E-state index in [1.54, 1.807) is 0 Å². The standard InChI is InChI=1S/C21H27NO2/c1-5-6-7-18-8-10-19(11-9-18)22-21(23)14-24-20-13-15(2)12-16(3)17(20)4/h8-13H,5-7,14H2,1-4H3,(H,22,23). The third kappa shape index (κ3) is 5.12. The van der Waals surface area contributed by atoms with Gasteiger partial charge in [-0.15, -0.1) is 0 Å². The lowest BCUT2D eigenvalue weighted by Crippen LogP contribution is -2.20. The first-order valence-corrected chi connectivity index (χ1v) is 8.59. The van der Waals surface area contributed by atoms with Gasteiger partial charge in [0.2, 0.25) is 0 Å². The lowest BCUT2D eigenvalue weighted by Gasteiger charge is -2.12. The largest absolute Gasteiger partial charge is 0.483 e. The highest BCUT2D eigenvalue weighted by Gasteiger charge is 2.08. The molecule has 1 amide bonds. The average molecular weight is 325 g/mol. The van der Waals surface area contributed by atoms with Crippen LogP contribution in [0, 0.1) is 20.8 Å². The summed E-state index contributed by atoms with van der Waals surface area (Å²) in [6.07, 6.45) is 3.46. The molecule has 0 aliphatic heterocycles. The van der Waals surface area contributed by atoms with Crippen LogP contribution >= 0.6 is 0 Å². The van der Waals surface area contributed by atoms with Crippen LogP contribution in [0.1, 0.15) is 42.0 Å². The molecule has 0 saturated heterocycles. The molecule has 0 aliphatic carbocycles. The molecule has 2 aromatic rings. The van der Waals surface area contributed by atoms with E-state index in [1.807, 2.05) is 32.0 Å². The molecule has 0 bridgehead atoms. The summed E-state index contributed by atoms with van der Waals surface area (Å²) in [6.45, 7) is 8.29. The smallest absolute Gasteiger partial charge is 0.262 e. The van der Waals surface area contributed by atoms with Gasteiger partial charge in [0.25, 0.3) is 5.91 Å². The number of hydrogen-bond acceptors (Lipinski definition) is 2. The van der Waals surface area contributed by atoms with Crippen LogP contribution in [-0.2, 0) is 11.2 Å². The van der Waals surface area contributed by atoms with E-state index in [-0.39, 0.29) is 12.5 Å². The Hall–Kier alpha value is -2.29. The van der Waals surface area contributed by atoms with Crippen LogP contribution in [-0.4, -0.2) is 12.5 Å². The van der Waals surface area contributed by atoms with Gasteiger partial charge in [-0.1, -0.05) is 31.5 Å². The van der Waals surface area contributed by atoms with Crippen LogP contribution in [0.4, 0.5) is 5.69 Å². The number of nitrogens with one attached hydrogen (secondary N) is 1. The lowest BCUT2D eigenvalue weighted by atomic mass is 10.1. The average Bonchev–Trinajstić information content (AvgIpc) is 2.56. The fourth-order valence-corrected chi connectivity index (χ4v) is 2.63. The number of benzene rings is 2. The summed E-state index contributed by atoms with van der Waals surface area (Å²) < 4.78 is 5.70. The molecule has 2 rings (SSSR count). The molecule has 0 radical (unpaired) electrons. The quantitative estimate of drug-likeness (QED) is 0.780. The number of ether oxygens (including phenoxy) is 1. The maximum Gasteiger partial charge on any atom is 0.262 e. The van der Waals surface area contributed by atoms with Crippen molar-refractivity contribution in [2.45, 2.75) is 47.0 Å². The Bertz CT molecular complexity index is 690. The number of rotatable bonds is 7. The molecule has 0 saturated carbocycles. The van der Waals surface area contributed by atoms with Gasteiger partial charge in [0.1, 0.15) is 5.75 Å². The highest BCUT2D eigenvalue weighted by molar-refractivity contribution is 5.91. The fraction of sp³-hybridized carbons (Fsp3) is 0.381. The Labute approximate surface area is 145 Å². The number of carbonyl (C=O) groups is 1. The number of anilines is 1. The zero-order valence-electron chi connectivity index (χ0n) is 15.1. The van der Waals surface area contributed by atoms with E-state index < -0.39 is 0 Å². The van der Waals surface area contributed by atoms with Crippen LogP contribution in [0.25, 0.3) is 0 Å². The number of hydrogen-bond donors (Lipinski definition) is 1. The van der Waals surface area contributed by atoms with E-state index in [1.165, 1.54) is 24.0 Å². The normalized spacial score (nSPS) is 10.5. The first kappa shape index (κ1) is 18.1. The Balaban J connectivity index is 1.89. The molecule has 0 heterocycles. The van der Waals surface area contributed by atoms with Crippen LogP contribution in [0.3, 0.4) is 0 Å². The first-order valence-electron chi connectivity index (χ1n) is 8.59. The molecular weight excluding hydrogens is 298 g/mol. The second-order valence-corrected chi connectivity index (χ2v) is 6.34. The minimum atomic E-state index is -0.144. The molecule has 0 unspecified atom stereocenters. The summed E-state index contributed by atoms with van der Waals surface area (Å²) in [6, 6.07) is 12.1. The fourth-order valence-electron chi connectivity index (χ4n) is 2.63. The molecule has 0 aliphatic rings. The summed E-state index contributed by atoms with van der Waals surface area (Å²) in [7, 11) is 0. The third-order valence-corrected chi connectivity index (χ3v) is 4.18. The first-order chi connectivity index (χ1) is 11.5. The van der Waals surface area contributed by atoms with Crippen molar-refractivity contribution in [1.29, 1.82) is 0 Å². The molecule has 24 heavy (non-hydrogen) atoms. The minimum Gasteiger partial charge on any atom is -0.483 e. The van der Waals surface area contributed by atoms with Crippen LogP contribution in [0.15, 0.2) is 36.4 Å². The van der Waals surface area contributed by atoms with Gasteiger partial charge in [0.05, 0.1) is 0 Å². The predicted molar refractivity (Wildman–Crippen MR) is 99.8 cm³/mol. The lowest BCUT2D eigenvalue weighted by molar-refractivity contribution is -0.118. The molecule has 2 aromatic carbocycles. The molecule has 0 aromatic heterocycles. The summed E-state index contributed by atoms with van der Waals surface area (Å²) in [5.74, 6) is 0.632. The van der Waals surface area contributed by atoms with Crippen molar-refractivity contribution >= 4 is 11.6 Å².